The van der Waals surface area contributed by atoms with Gasteiger partial charge in [0.1, 0.15) is 5.82 Å². The van der Waals surface area contributed by atoms with Gasteiger partial charge in [-0.15, -0.1) is 0 Å². The number of nitrogens with one attached hydrogen (secondary N) is 1. The first-order chi connectivity index (χ1) is 6.97. The number of hydrogen-bond acceptors (Lipinski definition) is 2. The number of halogens is 1. The van der Waals surface area contributed by atoms with Crippen LogP contribution in [0, 0.1) is 17.7 Å². The summed E-state index contributed by atoms with van der Waals surface area (Å²) in [5, 5.41) is 0. The van der Waals surface area contributed by atoms with Gasteiger partial charge < -0.3 is 0 Å². The first kappa shape index (κ1) is 11.7. The van der Waals surface area contributed by atoms with Gasteiger partial charge in [-0.05, 0) is 24.3 Å². The molecular formula is C10H10FNO2S. The molecule has 0 aliphatic heterocycles. The molecule has 15 heavy (non-hydrogen) atoms. The lowest BCUT2D eigenvalue weighted by molar-refractivity contribution is 0.592. The monoisotopic (exact) mass is 227 g/mol. The molecular weight excluding hydrogens is 217 g/mol. The maximum atomic E-state index is 12.5. The van der Waals surface area contributed by atoms with Crippen molar-refractivity contribution in [3.05, 3.63) is 35.6 Å². The highest BCUT2D eigenvalue weighted by Crippen LogP contribution is 2.00. The zero-order chi connectivity index (χ0) is 11.3. The molecule has 0 atom stereocenters. The molecule has 0 saturated carbocycles. The molecule has 0 aromatic heterocycles. The molecule has 0 aliphatic rings. The molecule has 1 aromatic carbocycles. The van der Waals surface area contributed by atoms with Crippen molar-refractivity contribution in [2.45, 2.75) is 0 Å². The quantitative estimate of drug-likeness (QED) is 0.757. The molecule has 0 heterocycles. The molecule has 0 amide bonds. The zero-order valence-electron chi connectivity index (χ0n) is 8.12. The topological polar surface area (TPSA) is 46.2 Å². The molecule has 0 aliphatic carbocycles. The van der Waals surface area contributed by atoms with Crippen molar-refractivity contribution in [3.63, 3.8) is 0 Å². The molecule has 0 spiro atoms. The molecule has 0 fully saturated rings. The Balaban J connectivity index is 2.56. The Kier molecular flexibility index (Phi) is 3.83. The summed E-state index contributed by atoms with van der Waals surface area (Å²) < 4.78 is 36.0. The van der Waals surface area contributed by atoms with Gasteiger partial charge in [0, 0.05) is 5.56 Å². The Morgan fingerprint density at radius 1 is 1.33 bits per heavy atom. The molecule has 0 saturated heterocycles. The molecule has 3 nitrogen and oxygen atoms in total. The second-order valence-electron chi connectivity index (χ2n) is 2.90. The van der Waals surface area contributed by atoms with Crippen LogP contribution in [0.4, 0.5) is 4.39 Å². The minimum Gasteiger partial charge on any atom is -0.213 e. The van der Waals surface area contributed by atoms with Crippen molar-refractivity contribution in [1.82, 2.24) is 4.72 Å². The van der Waals surface area contributed by atoms with Crippen LogP contribution in [-0.4, -0.2) is 21.2 Å². The van der Waals surface area contributed by atoms with Gasteiger partial charge in [-0.1, -0.05) is 11.8 Å². The number of rotatable bonds is 2. The Morgan fingerprint density at radius 2 is 1.93 bits per heavy atom. The Morgan fingerprint density at radius 3 is 2.47 bits per heavy atom. The van der Waals surface area contributed by atoms with E-state index >= 15 is 0 Å². The maximum absolute atomic E-state index is 12.5. The normalized spacial score (nSPS) is 10.5. The van der Waals surface area contributed by atoms with Crippen LogP contribution in [0.25, 0.3) is 0 Å². The minimum atomic E-state index is -3.20. The second kappa shape index (κ2) is 4.91. The van der Waals surface area contributed by atoms with Crippen LogP contribution >= 0.6 is 0 Å². The summed E-state index contributed by atoms with van der Waals surface area (Å²) >= 11 is 0. The first-order valence-electron chi connectivity index (χ1n) is 4.16. The summed E-state index contributed by atoms with van der Waals surface area (Å²) in [6.07, 6.45) is 1.06. The third kappa shape index (κ3) is 5.15. The van der Waals surface area contributed by atoms with E-state index in [4.69, 9.17) is 0 Å². The van der Waals surface area contributed by atoms with Gasteiger partial charge in [0.25, 0.3) is 0 Å². The first-order valence-corrected chi connectivity index (χ1v) is 6.05. The smallest absolute Gasteiger partial charge is 0.209 e. The van der Waals surface area contributed by atoms with Gasteiger partial charge >= 0.3 is 0 Å². The van der Waals surface area contributed by atoms with Crippen LogP contribution in [-0.2, 0) is 10.0 Å². The zero-order valence-corrected chi connectivity index (χ0v) is 8.94. The van der Waals surface area contributed by atoms with Gasteiger partial charge in [-0.3, -0.25) is 0 Å². The predicted molar refractivity (Wildman–Crippen MR) is 56.1 cm³/mol. The van der Waals surface area contributed by atoms with Crippen LogP contribution in [0.5, 0.6) is 0 Å². The summed E-state index contributed by atoms with van der Waals surface area (Å²) in [7, 11) is -3.20. The van der Waals surface area contributed by atoms with Crippen molar-refractivity contribution in [3.8, 4) is 11.8 Å². The van der Waals surface area contributed by atoms with Crippen LogP contribution in [0.15, 0.2) is 24.3 Å². The highest BCUT2D eigenvalue weighted by atomic mass is 32.2. The van der Waals surface area contributed by atoms with Crippen molar-refractivity contribution in [2.75, 3.05) is 12.8 Å². The summed E-state index contributed by atoms with van der Waals surface area (Å²) in [6, 6.07) is 5.66. The number of hydrogen-bond donors (Lipinski definition) is 1. The SMILES string of the molecule is CS(=O)(=O)NCC#Cc1ccc(F)cc1. The van der Waals surface area contributed by atoms with E-state index in [1.54, 1.807) is 0 Å². The Bertz CT molecular complexity index is 482. The highest BCUT2D eigenvalue weighted by molar-refractivity contribution is 7.88. The molecule has 0 radical (unpaired) electrons. The second-order valence-corrected chi connectivity index (χ2v) is 4.73. The lowest BCUT2D eigenvalue weighted by atomic mass is 10.2. The fraction of sp³-hybridized carbons (Fsp3) is 0.200. The molecule has 0 bridgehead atoms. The molecule has 1 N–H and O–H groups in total. The molecule has 0 unspecified atom stereocenters. The van der Waals surface area contributed by atoms with E-state index in [9.17, 15) is 12.8 Å². The van der Waals surface area contributed by atoms with Crippen molar-refractivity contribution in [2.24, 2.45) is 0 Å². The summed E-state index contributed by atoms with van der Waals surface area (Å²) in [6.45, 7) is 0.0518. The van der Waals surface area contributed by atoms with E-state index in [1.165, 1.54) is 24.3 Å². The predicted octanol–water partition coefficient (Wildman–Crippen LogP) is 0.726. The number of benzene rings is 1. The van der Waals surface area contributed by atoms with Gasteiger partial charge in [0.15, 0.2) is 0 Å². The van der Waals surface area contributed by atoms with Crippen molar-refractivity contribution in [1.29, 1.82) is 0 Å². The Labute approximate surface area is 88.4 Å². The third-order valence-electron chi connectivity index (χ3n) is 1.50. The average Bonchev–Trinajstić information content (AvgIpc) is 2.14. The Hall–Kier alpha value is -1.38. The van der Waals surface area contributed by atoms with E-state index in [0.717, 1.165) is 6.26 Å². The van der Waals surface area contributed by atoms with Gasteiger partial charge in [0.2, 0.25) is 10.0 Å². The minimum absolute atomic E-state index is 0.0518. The van der Waals surface area contributed by atoms with Gasteiger partial charge in [-0.25, -0.2) is 17.5 Å². The van der Waals surface area contributed by atoms with E-state index in [1.807, 2.05) is 0 Å². The largest absolute Gasteiger partial charge is 0.213 e. The van der Waals surface area contributed by atoms with Crippen molar-refractivity contribution >= 4 is 10.0 Å². The fourth-order valence-corrected chi connectivity index (χ4v) is 1.18. The lowest BCUT2D eigenvalue weighted by Gasteiger charge is -1.93. The molecule has 80 valence electrons. The van der Waals surface area contributed by atoms with Crippen LogP contribution < -0.4 is 4.72 Å². The van der Waals surface area contributed by atoms with Crippen LogP contribution in [0.2, 0.25) is 0 Å². The summed E-state index contributed by atoms with van der Waals surface area (Å²) in [5.41, 5.74) is 0.645. The lowest BCUT2D eigenvalue weighted by Crippen LogP contribution is -2.21. The van der Waals surface area contributed by atoms with E-state index in [2.05, 4.69) is 16.6 Å². The summed E-state index contributed by atoms with van der Waals surface area (Å²) in [5.74, 6) is 4.99. The molecule has 1 rings (SSSR count). The highest BCUT2D eigenvalue weighted by Gasteiger charge is 1.95. The number of sulfonamides is 1. The van der Waals surface area contributed by atoms with E-state index in [0.29, 0.717) is 5.56 Å². The third-order valence-corrected chi connectivity index (χ3v) is 2.17. The van der Waals surface area contributed by atoms with Crippen molar-refractivity contribution < 1.29 is 12.8 Å². The van der Waals surface area contributed by atoms with Crippen LogP contribution in [0.3, 0.4) is 0 Å². The van der Waals surface area contributed by atoms with E-state index < -0.39 is 10.0 Å². The maximum Gasteiger partial charge on any atom is 0.209 e. The van der Waals surface area contributed by atoms with Crippen LogP contribution in [0.1, 0.15) is 5.56 Å². The average molecular weight is 227 g/mol. The van der Waals surface area contributed by atoms with Gasteiger partial charge in [0.05, 0.1) is 12.8 Å². The standard InChI is InChI=1S/C10H10FNO2S/c1-15(13,14)12-8-2-3-9-4-6-10(11)7-5-9/h4-7,12H,8H2,1H3. The van der Waals surface area contributed by atoms with Gasteiger partial charge in [-0.2, -0.15) is 0 Å². The fourth-order valence-electron chi connectivity index (χ4n) is 0.847. The molecule has 5 heteroatoms. The summed E-state index contributed by atoms with van der Waals surface area (Å²) in [4.78, 5) is 0. The molecule has 1 aromatic rings. The van der Waals surface area contributed by atoms with E-state index in [-0.39, 0.29) is 12.4 Å².